The van der Waals surface area contributed by atoms with E-state index in [1.807, 2.05) is 0 Å². The van der Waals surface area contributed by atoms with Crippen LogP contribution in [0.1, 0.15) is 26.2 Å². The molecule has 0 radical (unpaired) electrons. The molecule has 0 aliphatic carbocycles. The van der Waals surface area contributed by atoms with E-state index in [4.69, 9.17) is 11.6 Å². The van der Waals surface area contributed by atoms with Gasteiger partial charge in [-0.3, -0.25) is 4.99 Å². The van der Waals surface area contributed by atoms with Crippen molar-refractivity contribution in [2.45, 2.75) is 26.2 Å². The number of rotatable bonds is 6. The molecule has 3 nitrogen and oxygen atoms in total. The van der Waals surface area contributed by atoms with E-state index < -0.39 is 0 Å². The van der Waals surface area contributed by atoms with E-state index >= 15 is 0 Å². The number of hydrogen-bond acceptors (Lipinski definition) is 2. The predicted octanol–water partition coefficient (Wildman–Crippen LogP) is 1.81. The van der Waals surface area contributed by atoms with Crippen molar-refractivity contribution in [1.29, 1.82) is 0 Å². The fourth-order valence-electron chi connectivity index (χ4n) is 0.792. The number of carbonyl (C=O) groups is 1. The van der Waals surface area contributed by atoms with Gasteiger partial charge in [0.15, 0.2) is 0 Å². The Bertz CT molecular complexity index is 178. The summed E-state index contributed by atoms with van der Waals surface area (Å²) in [6.07, 6.45) is 11.8. The molecule has 80 valence electrons. The molecule has 0 saturated heterocycles. The molecule has 0 aromatic heterocycles. The molecule has 0 unspecified atom stereocenters. The van der Waals surface area contributed by atoms with E-state index in [2.05, 4.69) is 30.1 Å². The minimum Gasteiger partial charge on any atom is -0.360 e. The summed E-state index contributed by atoms with van der Waals surface area (Å²) in [5, 5.41) is 2.91. The highest BCUT2D eigenvalue weighted by molar-refractivity contribution is 6.18. The van der Waals surface area contributed by atoms with Crippen LogP contribution in [0.4, 0.5) is 0 Å². The zero-order valence-corrected chi connectivity index (χ0v) is 9.26. The van der Waals surface area contributed by atoms with Crippen molar-refractivity contribution in [2.24, 2.45) is 4.99 Å². The number of aldehydes is 1. The average molecular weight is 217 g/mol. The number of amidine groups is 1. The van der Waals surface area contributed by atoms with Crippen LogP contribution in [0.5, 0.6) is 0 Å². The maximum absolute atomic E-state index is 10.0. The molecule has 0 aromatic carbocycles. The number of hydrogen-bond donors (Lipinski definition) is 1. The van der Waals surface area contributed by atoms with Crippen LogP contribution in [-0.4, -0.2) is 24.7 Å². The van der Waals surface area contributed by atoms with E-state index in [0.717, 1.165) is 31.4 Å². The molecule has 0 aromatic rings. The molecule has 0 heterocycles. The van der Waals surface area contributed by atoms with Crippen LogP contribution >= 0.6 is 11.6 Å². The van der Waals surface area contributed by atoms with Crippen molar-refractivity contribution in [2.75, 3.05) is 12.5 Å². The second-order valence-electron chi connectivity index (χ2n) is 2.37. The Labute approximate surface area is 90.9 Å². The van der Waals surface area contributed by atoms with Crippen molar-refractivity contribution in [3.8, 4) is 12.8 Å². The Kier molecular flexibility index (Phi) is 16.0. The smallest absolute Gasteiger partial charge is 0.141 e. The molecule has 0 fully saturated rings. The summed E-state index contributed by atoms with van der Waals surface area (Å²) in [4.78, 5) is 14.0. The maximum atomic E-state index is 10.0. The highest BCUT2D eigenvalue weighted by Gasteiger charge is 1.95. The van der Waals surface area contributed by atoms with Crippen LogP contribution < -0.4 is 5.32 Å². The lowest BCUT2D eigenvalue weighted by Crippen LogP contribution is -2.22. The van der Waals surface area contributed by atoms with Gasteiger partial charge in [0.25, 0.3) is 0 Å². The van der Waals surface area contributed by atoms with Gasteiger partial charge >= 0.3 is 0 Å². The van der Waals surface area contributed by atoms with Gasteiger partial charge in [-0.25, -0.2) is 0 Å². The molecule has 0 atom stereocenters. The highest BCUT2D eigenvalue weighted by atomic mass is 35.5. The Morgan fingerprint density at radius 1 is 1.57 bits per heavy atom. The van der Waals surface area contributed by atoms with Crippen molar-refractivity contribution in [3.63, 3.8) is 0 Å². The lowest BCUT2D eigenvalue weighted by atomic mass is 10.2. The number of alkyl halides is 1. The first kappa shape index (κ1) is 15.5. The van der Waals surface area contributed by atoms with Crippen molar-refractivity contribution < 1.29 is 4.79 Å². The Morgan fingerprint density at radius 3 is 2.64 bits per heavy atom. The lowest BCUT2D eigenvalue weighted by Gasteiger charge is -2.04. The monoisotopic (exact) mass is 216 g/mol. The molecule has 0 bridgehead atoms. The van der Waals surface area contributed by atoms with E-state index in [1.54, 1.807) is 0 Å². The summed E-state index contributed by atoms with van der Waals surface area (Å²) in [6.45, 7) is 2.33. The van der Waals surface area contributed by atoms with Gasteiger partial charge in [0.05, 0.1) is 18.4 Å². The number of nitrogens with one attached hydrogen (secondary N) is 1. The minimum absolute atomic E-state index is 0.225. The molecule has 1 N–H and O–H groups in total. The second kappa shape index (κ2) is 14.5. The van der Waals surface area contributed by atoms with E-state index in [0.29, 0.717) is 6.00 Å². The van der Waals surface area contributed by atoms with Crippen molar-refractivity contribution in [1.82, 2.24) is 5.32 Å². The zero-order chi connectivity index (χ0) is 11.2. The molecule has 0 aliphatic rings. The highest BCUT2D eigenvalue weighted by Crippen LogP contribution is 1.95. The maximum Gasteiger partial charge on any atom is 0.141 e. The summed E-state index contributed by atoms with van der Waals surface area (Å²) in [5.74, 6) is 0.832. The number of terminal acetylenes is 1. The van der Waals surface area contributed by atoms with E-state index in [-0.39, 0.29) is 6.54 Å². The summed E-state index contributed by atoms with van der Waals surface area (Å²) in [6, 6.07) is 0.349. The summed E-state index contributed by atoms with van der Waals surface area (Å²) >= 11 is 5.47. The van der Waals surface area contributed by atoms with Crippen molar-refractivity contribution in [3.05, 3.63) is 0 Å². The third-order valence-electron chi connectivity index (χ3n) is 1.39. The number of carbonyl (C=O) groups excluding carboxylic acids is 1. The summed E-state index contributed by atoms with van der Waals surface area (Å²) < 4.78 is 0. The molecule has 0 rings (SSSR count). The minimum atomic E-state index is 0.225. The SMILES string of the molecule is C#C.CCCCC(=NCC=O)NCCl. The zero-order valence-electron chi connectivity index (χ0n) is 8.50. The van der Waals surface area contributed by atoms with Gasteiger partial charge in [0, 0.05) is 6.42 Å². The molecular weight excluding hydrogens is 200 g/mol. The lowest BCUT2D eigenvalue weighted by molar-refractivity contribution is -0.106. The van der Waals surface area contributed by atoms with Crippen molar-refractivity contribution >= 4 is 23.7 Å². The van der Waals surface area contributed by atoms with Gasteiger partial charge in [-0.15, -0.1) is 24.4 Å². The Morgan fingerprint density at radius 2 is 2.21 bits per heavy atom. The average Bonchev–Trinajstić information content (AvgIpc) is 2.25. The molecule has 0 spiro atoms. The van der Waals surface area contributed by atoms with Crippen LogP contribution in [0, 0.1) is 12.8 Å². The molecule has 0 saturated carbocycles. The molecule has 4 heteroatoms. The first-order chi connectivity index (χ1) is 6.85. The largest absolute Gasteiger partial charge is 0.360 e. The normalized spacial score (nSPS) is 9.86. The Hall–Kier alpha value is -1.01. The molecular formula is C10H17ClN2O. The molecule has 0 amide bonds. The van der Waals surface area contributed by atoms with Gasteiger partial charge in [-0.2, -0.15) is 0 Å². The first-order valence-electron chi connectivity index (χ1n) is 4.45. The third kappa shape index (κ3) is 11.0. The second-order valence-corrected chi connectivity index (χ2v) is 2.64. The Balaban J connectivity index is 0. The quantitative estimate of drug-likeness (QED) is 0.184. The van der Waals surface area contributed by atoms with Crippen LogP contribution in [0.2, 0.25) is 0 Å². The fourth-order valence-corrected chi connectivity index (χ4v) is 0.946. The van der Waals surface area contributed by atoms with Crippen LogP contribution in [0.15, 0.2) is 4.99 Å². The predicted molar refractivity (Wildman–Crippen MR) is 61.6 cm³/mol. The summed E-state index contributed by atoms with van der Waals surface area (Å²) in [5.41, 5.74) is 0. The molecule has 0 aliphatic heterocycles. The number of aliphatic imine (C=N–C) groups is 1. The van der Waals surface area contributed by atoms with Gasteiger partial charge < -0.3 is 10.1 Å². The number of halogens is 1. The molecule has 14 heavy (non-hydrogen) atoms. The van der Waals surface area contributed by atoms with Gasteiger partial charge in [-0.1, -0.05) is 13.3 Å². The fraction of sp³-hybridized carbons (Fsp3) is 0.600. The standard InChI is InChI=1S/C8H15ClN2O.C2H2/c1-2-3-4-8(11-7-9)10-5-6-12;1-2/h6H,2-5,7H2,1H3,(H,10,11);1-2H. The van der Waals surface area contributed by atoms with Crippen LogP contribution in [0.25, 0.3) is 0 Å². The number of nitrogens with zero attached hydrogens (tertiary/aromatic N) is 1. The topological polar surface area (TPSA) is 41.5 Å². The van der Waals surface area contributed by atoms with Crippen LogP contribution in [-0.2, 0) is 4.79 Å². The van der Waals surface area contributed by atoms with Gasteiger partial charge in [-0.05, 0) is 6.42 Å². The van der Waals surface area contributed by atoms with Gasteiger partial charge in [0.2, 0.25) is 0 Å². The first-order valence-corrected chi connectivity index (χ1v) is 4.98. The van der Waals surface area contributed by atoms with E-state index in [9.17, 15) is 4.79 Å². The van der Waals surface area contributed by atoms with Gasteiger partial charge in [0.1, 0.15) is 6.29 Å². The summed E-state index contributed by atoms with van der Waals surface area (Å²) in [7, 11) is 0. The van der Waals surface area contributed by atoms with E-state index in [1.165, 1.54) is 0 Å². The third-order valence-corrected chi connectivity index (χ3v) is 1.53. The van der Waals surface area contributed by atoms with Crippen LogP contribution in [0.3, 0.4) is 0 Å². The number of unbranched alkanes of at least 4 members (excludes halogenated alkanes) is 1.